The van der Waals surface area contributed by atoms with Crippen LogP contribution in [0, 0.1) is 5.82 Å². The lowest BCUT2D eigenvalue weighted by Crippen LogP contribution is -1.95. The predicted octanol–water partition coefficient (Wildman–Crippen LogP) is 1.97. The van der Waals surface area contributed by atoms with Crippen molar-refractivity contribution in [1.82, 2.24) is 19.6 Å². The van der Waals surface area contributed by atoms with Gasteiger partial charge in [-0.3, -0.25) is 4.98 Å². The Morgan fingerprint density at radius 2 is 2.17 bits per heavy atom. The maximum Gasteiger partial charge on any atom is 0.149 e. The zero-order valence-electron chi connectivity index (χ0n) is 9.63. The van der Waals surface area contributed by atoms with Crippen LogP contribution >= 0.6 is 0 Å². The Labute approximate surface area is 102 Å². The first-order valence-electron chi connectivity index (χ1n) is 5.41. The van der Waals surface area contributed by atoms with Gasteiger partial charge in [-0.15, -0.1) is 0 Å². The molecule has 0 saturated heterocycles. The molecule has 0 amide bonds. The van der Waals surface area contributed by atoms with Gasteiger partial charge in [0.15, 0.2) is 0 Å². The van der Waals surface area contributed by atoms with Crippen molar-refractivity contribution in [3.05, 3.63) is 42.7 Å². The van der Waals surface area contributed by atoms with Crippen LogP contribution < -0.4 is 5.32 Å². The number of halogens is 1. The van der Waals surface area contributed by atoms with E-state index in [0.717, 1.165) is 0 Å². The normalized spacial score (nSPS) is 10.8. The van der Waals surface area contributed by atoms with Crippen molar-refractivity contribution in [3.8, 4) is 11.3 Å². The molecule has 0 atom stereocenters. The van der Waals surface area contributed by atoms with Crippen molar-refractivity contribution in [2.45, 2.75) is 0 Å². The highest BCUT2D eigenvalue weighted by Crippen LogP contribution is 2.24. The molecular formula is C12H10FN5. The van der Waals surface area contributed by atoms with Crippen LogP contribution in [0.4, 0.5) is 10.2 Å². The minimum absolute atomic E-state index is 0.332. The van der Waals surface area contributed by atoms with Gasteiger partial charge in [0.25, 0.3) is 0 Å². The van der Waals surface area contributed by atoms with Gasteiger partial charge in [0.05, 0.1) is 29.8 Å². The number of rotatable bonds is 2. The second kappa shape index (κ2) is 4.06. The number of hydrogen-bond acceptors (Lipinski definition) is 4. The van der Waals surface area contributed by atoms with Crippen LogP contribution in [0.2, 0.25) is 0 Å². The van der Waals surface area contributed by atoms with Gasteiger partial charge in [-0.2, -0.15) is 5.10 Å². The van der Waals surface area contributed by atoms with Gasteiger partial charge in [0, 0.05) is 13.2 Å². The van der Waals surface area contributed by atoms with Gasteiger partial charge in [0.2, 0.25) is 0 Å². The third kappa shape index (κ3) is 1.58. The molecule has 3 rings (SSSR count). The van der Waals surface area contributed by atoms with Crippen molar-refractivity contribution in [2.24, 2.45) is 0 Å². The quantitative estimate of drug-likeness (QED) is 0.747. The Bertz CT molecular complexity index is 707. The van der Waals surface area contributed by atoms with Crippen molar-refractivity contribution >= 4 is 11.3 Å². The number of anilines is 1. The number of aromatic nitrogens is 4. The second-order valence-corrected chi connectivity index (χ2v) is 3.75. The van der Waals surface area contributed by atoms with Gasteiger partial charge in [-0.1, -0.05) is 0 Å². The van der Waals surface area contributed by atoms with Crippen LogP contribution in [0.15, 0.2) is 36.9 Å². The van der Waals surface area contributed by atoms with Crippen molar-refractivity contribution in [1.29, 1.82) is 0 Å². The first-order chi connectivity index (χ1) is 8.79. The van der Waals surface area contributed by atoms with Gasteiger partial charge in [-0.05, 0) is 12.1 Å². The smallest absolute Gasteiger partial charge is 0.149 e. The van der Waals surface area contributed by atoms with Crippen LogP contribution in [0.25, 0.3) is 16.8 Å². The molecule has 0 bridgehead atoms. The number of nitrogens with one attached hydrogen (secondary N) is 1. The maximum atomic E-state index is 13.8. The number of hydrogen-bond donors (Lipinski definition) is 1. The van der Waals surface area contributed by atoms with E-state index in [0.29, 0.717) is 22.6 Å². The number of fused-ring (bicyclic) bond motifs is 1. The summed E-state index contributed by atoms with van der Waals surface area (Å²) >= 11 is 0. The highest BCUT2D eigenvalue weighted by molar-refractivity contribution is 5.78. The largest absolute Gasteiger partial charge is 0.372 e. The summed E-state index contributed by atoms with van der Waals surface area (Å²) in [4.78, 5) is 8.39. The molecule has 0 fully saturated rings. The first-order valence-corrected chi connectivity index (χ1v) is 5.41. The first kappa shape index (κ1) is 10.6. The van der Waals surface area contributed by atoms with Crippen molar-refractivity contribution < 1.29 is 4.39 Å². The van der Waals surface area contributed by atoms with E-state index < -0.39 is 0 Å². The summed E-state index contributed by atoms with van der Waals surface area (Å²) < 4.78 is 15.3. The average molecular weight is 243 g/mol. The number of nitrogens with zero attached hydrogens (tertiary/aromatic N) is 4. The lowest BCUT2D eigenvalue weighted by atomic mass is 10.2. The summed E-state index contributed by atoms with van der Waals surface area (Å²) in [6, 6.07) is 3.00. The van der Waals surface area contributed by atoms with E-state index in [1.807, 2.05) is 0 Å². The van der Waals surface area contributed by atoms with Gasteiger partial charge < -0.3 is 5.32 Å². The monoisotopic (exact) mass is 243 g/mol. The minimum atomic E-state index is -0.332. The molecule has 3 aromatic rings. The second-order valence-electron chi connectivity index (χ2n) is 3.75. The molecule has 3 heterocycles. The number of pyridine rings is 1. The Morgan fingerprint density at radius 1 is 1.28 bits per heavy atom. The zero-order chi connectivity index (χ0) is 12.5. The van der Waals surface area contributed by atoms with Crippen LogP contribution in [0.3, 0.4) is 0 Å². The molecule has 0 aromatic carbocycles. The SMILES string of the molecule is CNc1cncc(-c2cnn3cccc(F)c23)n1. The molecule has 6 heteroatoms. The fraction of sp³-hybridized carbons (Fsp3) is 0.0833. The molecule has 0 spiro atoms. The summed E-state index contributed by atoms with van der Waals surface area (Å²) in [5.74, 6) is 0.296. The molecule has 5 nitrogen and oxygen atoms in total. The standard InChI is InChI=1S/C12H10FN5/c1-14-11-7-15-6-10(17-11)8-5-16-18-4-2-3-9(13)12(8)18/h2-7H,1H3,(H,14,17). The van der Waals surface area contributed by atoms with Gasteiger partial charge in [0.1, 0.15) is 17.2 Å². The molecule has 0 radical (unpaired) electrons. The Kier molecular flexibility index (Phi) is 2.40. The van der Waals surface area contributed by atoms with Crippen LogP contribution in [-0.4, -0.2) is 26.6 Å². The van der Waals surface area contributed by atoms with E-state index in [1.165, 1.54) is 10.6 Å². The van der Waals surface area contributed by atoms with E-state index in [1.54, 1.807) is 37.9 Å². The van der Waals surface area contributed by atoms with E-state index in [2.05, 4.69) is 20.4 Å². The summed E-state index contributed by atoms with van der Waals surface area (Å²) in [7, 11) is 1.75. The zero-order valence-corrected chi connectivity index (χ0v) is 9.63. The molecule has 0 aliphatic heterocycles. The molecule has 3 aromatic heterocycles. The van der Waals surface area contributed by atoms with Crippen molar-refractivity contribution in [2.75, 3.05) is 12.4 Å². The third-order valence-electron chi connectivity index (χ3n) is 2.66. The molecular weight excluding hydrogens is 233 g/mol. The lowest BCUT2D eigenvalue weighted by molar-refractivity contribution is 0.630. The third-order valence-corrected chi connectivity index (χ3v) is 2.66. The van der Waals surface area contributed by atoms with E-state index >= 15 is 0 Å². The van der Waals surface area contributed by atoms with Gasteiger partial charge in [-0.25, -0.2) is 13.9 Å². The fourth-order valence-corrected chi connectivity index (χ4v) is 1.80. The molecule has 18 heavy (non-hydrogen) atoms. The molecule has 90 valence electrons. The summed E-state index contributed by atoms with van der Waals surface area (Å²) in [5, 5.41) is 7.00. The maximum absolute atomic E-state index is 13.8. The summed E-state index contributed by atoms with van der Waals surface area (Å²) in [6.45, 7) is 0. The highest BCUT2D eigenvalue weighted by atomic mass is 19.1. The van der Waals surface area contributed by atoms with E-state index in [4.69, 9.17) is 0 Å². The molecule has 0 saturated carbocycles. The topological polar surface area (TPSA) is 55.1 Å². The molecule has 0 aliphatic rings. The minimum Gasteiger partial charge on any atom is -0.372 e. The van der Waals surface area contributed by atoms with Crippen LogP contribution in [0.5, 0.6) is 0 Å². The molecule has 1 N–H and O–H groups in total. The highest BCUT2D eigenvalue weighted by Gasteiger charge is 2.12. The summed E-state index contributed by atoms with van der Waals surface area (Å²) in [6.07, 6.45) is 6.47. The van der Waals surface area contributed by atoms with Crippen molar-refractivity contribution in [3.63, 3.8) is 0 Å². The van der Waals surface area contributed by atoms with Gasteiger partial charge >= 0.3 is 0 Å². The molecule has 0 unspecified atom stereocenters. The van der Waals surface area contributed by atoms with Crippen LogP contribution in [0.1, 0.15) is 0 Å². The Morgan fingerprint density at radius 3 is 3.00 bits per heavy atom. The Balaban J connectivity index is 2.25. The predicted molar refractivity (Wildman–Crippen MR) is 65.7 cm³/mol. The van der Waals surface area contributed by atoms with E-state index in [9.17, 15) is 4.39 Å². The van der Waals surface area contributed by atoms with E-state index in [-0.39, 0.29) is 5.82 Å². The van der Waals surface area contributed by atoms with Crippen LogP contribution in [-0.2, 0) is 0 Å². The Hall–Kier alpha value is -2.50. The average Bonchev–Trinajstić information content (AvgIpc) is 2.84. The fourth-order valence-electron chi connectivity index (χ4n) is 1.80. The lowest BCUT2D eigenvalue weighted by Gasteiger charge is -2.02. The molecule has 0 aliphatic carbocycles. The summed E-state index contributed by atoms with van der Waals surface area (Å²) in [5.41, 5.74) is 1.61.